The van der Waals surface area contributed by atoms with Crippen molar-refractivity contribution in [3.63, 3.8) is 0 Å². The molecule has 0 saturated carbocycles. The summed E-state index contributed by atoms with van der Waals surface area (Å²) >= 11 is 0. The highest BCUT2D eigenvalue weighted by Crippen LogP contribution is 2.29. The van der Waals surface area contributed by atoms with Crippen molar-refractivity contribution in [1.29, 1.82) is 0 Å². The highest BCUT2D eigenvalue weighted by Gasteiger charge is 2.24. The Bertz CT molecular complexity index is 816. The first-order valence-corrected chi connectivity index (χ1v) is 8.14. The number of nitrogens with one attached hydrogen (secondary N) is 1. The maximum atomic E-state index is 12.5. The number of carbonyl (C=O) groups is 2. The molecule has 0 bridgehead atoms. The lowest BCUT2D eigenvalue weighted by Crippen LogP contribution is -2.33. The van der Waals surface area contributed by atoms with Gasteiger partial charge in [0.2, 0.25) is 5.91 Å². The average molecular weight is 322 g/mol. The Kier molecular flexibility index (Phi) is 3.69. The van der Waals surface area contributed by atoms with Crippen molar-refractivity contribution in [3.8, 4) is 5.75 Å². The number of ether oxygens (including phenoxy) is 1. The third-order valence-corrected chi connectivity index (χ3v) is 4.52. The number of para-hydroxylation sites is 1. The fraction of sp³-hybridized carbons (Fsp3) is 0.263. The molecule has 2 heterocycles. The Morgan fingerprint density at radius 1 is 1.08 bits per heavy atom. The van der Waals surface area contributed by atoms with E-state index >= 15 is 0 Å². The molecule has 0 radical (unpaired) electrons. The summed E-state index contributed by atoms with van der Waals surface area (Å²) in [6.45, 7) is 0.719. The minimum Gasteiger partial charge on any atom is -0.484 e. The summed E-state index contributed by atoms with van der Waals surface area (Å²) in [5.41, 5.74) is 4.07. The minimum atomic E-state index is -0.0361. The van der Waals surface area contributed by atoms with Gasteiger partial charge in [-0.15, -0.1) is 0 Å². The molecule has 2 aliphatic heterocycles. The summed E-state index contributed by atoms with van der Waals surface area (Å²) in [5, 5.41) is 2.84. The lowest BCUT2D eigenvalue weighted by atomic mass is 10.0. The normalized spacial score (nSPS) is 15.5. The van der Waals surface area contributed by atoms with E-state index in [0.29, 0.717) is 25.1 Å². The third-order valence-electron chi connectivity index (χ3n) is 4.52. The first-order valence-electron chi connectivity index (χ1n) is 8.14. The van der Waals surface area contributed by atoms with Crippen LogP contribution in [-0.4, -0.2) is 25.0 Å². The Morgan fingerprint density at radius 2 is 1.96 bits per heavy atom. The van der Waals surface area contributed by atoms with E-state index in [0.717, 1.165) is 23.4 Å². The molecule has 0 atom stereocenters. The summed E-state index contributed by atoms with van der Waals surface area (Å²) in [5.74, 6) is 0.663. The van der Waals surface area contributed by atoms with Crippen LogP contribution >= 0.6 is 0 Å². The van der Waals surface area contributed by atoms with Crippen LogP contribution in [0.15, 0.2) is 42.5 Å². The molecule has 0 unspecified atom stereocenters. The Morgan fingerprint density at radius 3 is 2.88 bits per heavy atom. The number of hydrogen-bond donors (Lipinski definition) is 1. The number of hydrogen-bond acceptors (Lipinski definition) is 3. The monoisotopic (exact) mass is 322 g/mol. The van der Waals surface area contributed by atoms with Gasteiger partial charge in [-0.1, -0.05) is 18.2 Å². The molecule has 2 aromatic rings. The van der Waals surface area contributed by atoms with E-state index in [-0.39, 0.29) is 18.4 Å². The van der Waals surface area contributed by atoms with Gasteiger partial charge in [-0.3, -0.25) is 9.59 Å². The fourth-order valence-electron chi connectivity index (χ4n) is 3.27. The second-order valence-corrected chi connectivity index (χ2v) is 6.08. The quantitative estimate of drug-likeness (QED) is 0.945. The van der Waals surface area contributed by atoms with Crippen molar-refractivity contribution in [3.05, 3.63) is 53.6 Å². The fourth-order valence-corrected chi connectivity index (χ4v) is 3.27. The van der Waals surface area contributed by atoms with Gasteiger partial charge < -0.3 is 15.0 Å². The molecule has 24 heavy (non-hydrogen) atoms. The SMILES string of the molecule is O=C1CCc2cc(OCC(=O)N3CCc4ccccc43)ccc2N1. The zero-order chi connectivity index (χ0) is 16.5. The first kappa shape index (κ1) is 14.8. The Labute approximate surface area is 140 Å². The first-order chi connectivity index (χ1) is 11.7. The molecule has 4 rings (SSSR count). The van der Waals surface area contributed by atoms with Crippen molar-refractivity contribution >= 4 is 23.2 Å². The second-order valence-electron chi connectivity index (χ2n) is 6.08. The Hall–Kier alpha value is -2.82. The standard InChI is InChI=1S/C19H18N2O3/c22-18-8-5-14-11-15(6-7-16(14)20-18)24-12-19(23)21-10-9-13-3-1-2-4-17(13)21/h1-4,6-7,11H,5,8-10,12H2,(H,20,22). The van der Waals surface area contributed by atoms with Gasteiger partial charge in [-0.25, -0.2) is 0 Å². The average Bonchev–Trinajstić information content (AvgIpc) is 3.04. The number of aryl methyl sites for hydroxylation is 1. The second kappa shape index (κ2) is 6.00. The third kappa shape index (κ3) is 2.73. The topological polar surface area (TPSA) is 58.6 Å². The number of anilines is 2. The summed E-state index contributed by atoms with van der Waals surface area (Å²) in [7, 11) is 0. The Balaban J connectivity index is 1.42. The van der Waals surface area contributed by atoms with Gasteiger partial charge >= 0.3 is 0 Å². The van der Waals surface area contributed by atoms with Crippen LogP contribution in [0.3, 0.4) is 0 Å². The maximum absolute atomic E-state index is 12.5. The molecule has 0 spiro atoms. The van der Waals surface area contributed by atoms with Gasteiger partial charge in [0.15, 0.2) is 6.61 Å². The van der Waals surface area contributed by atoms with Gasteiger partial charge in [-0.2, -0.15) is 0 Å². The molecule has 5 heteroatoms. The molecule has 5 nitrogen and oxygen atoms in total. The van der Waals surface area contributed by atoms with Crippen LogP contribution in [0.5, 0.6) is 5.75 Å². The molecular weight excluding hydrogens is 304 g/mol. The highest BCUT2D eigenvalue weighted by atomic mass is 16.5. The summed E-state index contributed by atoms with van der Waals surface area (Å²) in [4.78, 5) is 25.6. The van der Waals surface area contributed by atoms with Gasteiger partial charge in [0.1, 0.15) is 5.75 Å². The van der Waals surface area contributed by atoms with E-state index < -0.39 is 0 Å². The van der Waals surface area contributed by atoms with Gasteiger partial charge in [0.25, 0.3) is 5.91 Å². The van der Waals surface area contributed by atoms with Crippen molar-refractivity contribution in [2.75, 3.05) is 23.4 Å². The van der Waals surface area contributed by atoms with E-state index in [2.05, 4.69) is 11.4 Å². The molecule has 1 N–H and O–H groups in total. The van der Waals surface area contributed by atoms with Crippen molar-refractivity contribution < 1.29 is 14.3 Å². The van der Waals surface area contributed by atoms with Crippen molar-refractivity contribution in [2.24, 2.45) is 0 Å². The zero-order valence-electron chi connectivity index (χ0n) is 13.2. The van der Waals surface area contributed by atoms with E-state index in [4.69, 9.17) is 4.74 Å². The summed E-state index contributed by atoms with van der Waals surface area (Å²) in [6, 6.07) is 13.5. The van der Waals surface area contributed by atoms with Crippen LogP contribution < -0.4 is 15.0 Å². The minimum absolute atomic E-state index is 0.0134. The molecule has 2 aliphatic rings. The van der Waals surface area contributed by atoms with Crippen LogP contribution in [0.4, 0.5) is 11.4 Å². The van der Waals surface area contributed by atoms with E-state index in [1.165, 1.54) is 5.56 Å². The molecule has 0 aliphatic carbocycles. The molecular formula is C19H18N2O3. The number of nitrogens with zero attached hydrogens (tertiary/aromatic N) is 1. The maximum Gasteiger partial charge on any atom is 0.264 e. The summed E-state index contributed by atoms with van der Waals surface area (Å²) < 4.78 is 5.68. The van der Waals surface area contributed by atoms with E-state index in [1.54, 1.807) is 11.0 Å². The largest absolute Gasteiger partial charge is 0.484 e. The molecule has 0 fully saturated rings. The van der Waals surface area contributed by atoms with Crippen molar-refractivity contribution in [1.82, 2.24) is 0 Å². The lowest BCUT2D eigenvalue weighted by molar-refractivity contribution is -0.120. The molecule has 0 aromatic heterocycles. The van der Waals surface area contributed by atoms with Crippen LogP contribution in [0.25, 0.3) is 0 Å². The highest BCUT2D eigenvalue weighted by molar-refractivity contribution is 5.96. The number of fused-ring (bicyclic) bond motifs is 2. The lowest BCUT2D eigenvalue weighted by Gasteiger charge is -2.19. The van der Waals surface area contributed by atoms with Crippen molar-refractivity contribution in [2.45, 2.75) is 19.3 Å². The number of rotatable bonds is 3. The van der Waals surface area contributed by atoms with Crippen LogP contribution in [0.2, 0.25) is 0 Å². The summed E-state index contributed by atoms with van der Waals surface area (Å²) in [6.07, 6.45) is 2.08. The number of benzene rings is 2. The van der Waals surface area contributed by atoms with Crippen LogP contribution in [0, 0.1) is 0 Å². The number of carbonyl (C=O) groups excluding carboxylic acids is 2. The number of amides is 2. The molecule has 2 aromatic carbocycles. The van der Waals surface area contributed by atoms with Crippen LogP contribution in [-0.2, 0) is 22.4 Å². The molecule has 122 valence electrons. The van der Waals surface area contributed by atoms with E-state index in [9.17, 15) is 9.59 Å². The molecule has 0 saturated heterocycles. The van der Waals surface area contributed by atoms with E-state index in [1.807, 2.05) is 30.3 Å². The molecule has 2 amide bonds. The predicted molar refractivity (Wildman–Crippen MR) is 91.4 cm³/mol. The smallest absolute Gasteiger partial charge is 0.264 e. The predicted octanol–water partition coefficient (Wildman–Crippen LogP) is 2.54. The van der Waals surface area contributed by atoms with Crippen LogP contribution in [0.1, 0.15) is 17.5 Å². The van der Waals surface area contributed by atoms with Gasteiger partial charge in [0.05, 0.1) is 0 Å². The van der Waals surface area contributed by atoms with Gasteiger partial charge in [-0.05, 0) is 48.2 Å². The zero-order valence-corrected chi connectivity index (χ0v) is 13.2. The van der Waals surface area contributed by atoms with Gasteiger partial charge in [0, 0.05) is 24.3 Å².